The first kappa shape index (κ1) is 11.6. The van der Waals surface area contributed by atoms with Crippen molar-refractivity contribution in [2.45, 2.75) is 12.2 Å². The van der Waals surface area contributed by atoms with Crippen molar-refractivity contribution < 1.29 is 20.1 Å². The molecule has 1 rings (SSSR count). The maximum Gasteiger partial charge on any atom is 0.354 e. The maximum atomic E-state index is 10.5. The molecule has 0 aliphatic carbocycles. The second-order valence-electron chi connectivity index (χ2n) is 3.03. The fourth-order valence-corrected chi connectivity index (χ4v) is 1.06. The van der Waals surface area contributed by atoms with Crippen LogP contribution in [0.3, 0.4) is 0 Å². The first-order valence-electron chi connectivity index (χ1n) is 4.31. The number of rotatable bonds is 4. The number of pyridine rings is 1. The fourth-order valence-electron chi connectivity index (χ4n) is 1.06. The Morgan fingerprint density at radius 1 is 1.47 bits per heavy atom. The van der Waals surface area contributed by atoms with Gasteiger partial charge in [0.05, 0.1) is 6.10 Å². The van der Waals surface area contributed by atoms with Gasteiger partial charge < -0.3 is 21.1 Å². The van der Waals surface area contributed by atoms with E-state index in [-0.39, 0.29) is 12.2 Å². The number of carboxylic acid groups (broad SMARTS) is 1. The molecule has 2 unspecified atom stereocenters. The number of nitrogens with two attached hydrogens (primary N) is 1. The normalized spacial score (nSPS) is 14.6. The summed E-state index contributed by atoms with van der Waals surface area (Å²) in [5.41, 5.74) is 5.38. The standard InChI is InChI=1S/C9H12N2O4/c10-3-7(12)8(13)5-1-2-6(9(14)15)11-4-5/h1-2,4,7-8,12-13H,3,10H2,(H,14,15). The van der Waals surface area contributed by atoms with Crippen molar-refractivity contribution in [1.29, 1.82) is 0 Å². The molecule has 0 fully saturated rings. The van der Waals surface area contributed by atoms with Gasteiger partial charge >= 0.3 is 5.97 Å². The van der Waals surface area contributed by atoms with Gasteiger partial charge in [-0.2, -0.15) is 0 Å². The van der Waals surface area contributed by atoms with E-state index in [4.69, 9.17) is 10.8 Å². The quantitative estimate of drug-likeness (QED) is 0.515. The average molecular weight is 212 g/mol. The number of aliphatic hydroxyl groups excluding tert-OH is 2. The third kappa shape index (κ3) is 2.72. The van der Waals surface area contributed by atoms with Crippen LogP contribution in [0.15, 0.2) is 18.3 Å². The predicted molar refractivity (Wildman–Crippen MR) is 51.2 cm³/mol. The Morgan fingerprint density at radius 2 is 2.13 bits per heavy atom. The molecule has 0 aliphatic rings. The largest absolute Gasteiger partial charge is 0.477 e. The van der Waals surface area contributed by atoms with E-state index in [2.05, 4.69) is 4.98 Å². The Labute approximate surface area is 86.0 Å². The van der Waals surface area contributed by atoms with Gasteiger partial charge in [-0.3, -0.25) is 0 Å². The van der Waals surface area contributed by atoms with E-state index in [1.54, 1.807) is 0 Å². The SMILES string of the molecule is NCC(O)C(O)c1ccc(C(=O)O)nc1. The molecule has 0 bridgehead atoms. The highest BCUT2D eigenvalue weighted by Crippen LogP contribution is 2.15. The summed E-state index contributed by atoms with van der Waals surface area (Å²) in [6.45, 7) is -0.0815. The van der Waals surface area contributed by atoms with Gasteiger partial charge in [0.25, 0.3) is 0 Å². The molecule has 0 radical (unpaired) electrons. The highest BCUT2D eigenvalue weighted by atomic mass is 16.4. The lowest BCUT2D eigenvalue weighted by molar-refractivity contribution is 0.0241. The lowest BCUT2D eigenvalue weighted by atomic mass is 10.1. The van der Waals surface area contributed by atoms with E-state index < -0.39 is 18.2 Å². The molecule has 0 aliphatic heterocycles. The van der Waals surface area contributed by atoms with Crippen LogP contribution in [0.25, 0.3) is 0 Å². The van der Waals surface area contributed by atoms with Crippen LogP contribution in [-0.4, -0.2) is 38.9 Å². The maximum absolute atomic E-state index is 10.5. The Morgan fingerprint density at radius 3 is 2.53 bits per heavy atom. The van der Waals surface area contributed by atoms with Crippen LogP contribution < -0.4 is 5.73 Å². The number of aromatic carboxylic acids is 1. The van der Waals surface area contributed by atoms with Crippen LogP contribution in [0.2, 0.25) is 0 Å². The number of aliphatic hydroxyl groups is 2. The van der Waals surface area contributed by atoms with Crippen LogP contribution in [0.4, 0.5) is 0 Å². The average Bonchev–Trinajstić information content (AvgIpc) is 2.27. The molecule has 15 heavy (non-hydrogen) atoms. The van der Waals surface area contributed by atoms with Crippen molar-refractivity contribution >= 4 is 5.97 Å². The fraction of sp³-hybridized carbons (Fsp3) is 0.333. The van der Waals surface area contributed by atoms with Crippen molar-refractivity contribution in [2.75, 3.05) is 6.54 Å². The summed E-state index contributed by atoms with van der Waals surface area (Å²) in [7, 11) is 0. The molecule has 0 spiro atoms. The Balaban J connectivity index is 2.84. The van der Waals surface area contributed by atoms with E-state index in [0.717, 1.165) is 0 Å². The summed E-state index contributed by atoms with van der Waals surface area (Å²) in [4.78, 5) is 14.1. The van der Waals surface area contributed by atoms with E-state index in [0.29, 0.717) is 5.56 Å². The van der Waals surface area contributed by atoms with Crippen molar-refractivity contribution in [3.63, 3.8) is 0 Å². The minimum atomic E-state index is -1.15. The summed E-state index contributed by atoms with van der Waals surface area (Å²) in [5.74, 6) is -1.14. The minimum absolute atomic E-state index is 0.0815. The number of nitrogens with zero attached hydrogens (tertiary/aromatic N) is 1. The molecule has 2 atom stereocenters. The molecule has 6 heteroatoms. The zero-order chi connectivity index (χ0) is 11.4. The first-order chi connectivity index (χ1) is 7.06. The van der Waals surface area contributed by atoms with Gasteiger partial charge in [-0.05, 0) is 6.07 Å². The minimum Gasteiger partial charge on any atom is -0.477 e. The molecule has 5 N–H and O–H groups in total. The van der Waals surface area contributed by atoms with Gasteiger partial charge in [-0.25, -0.2) is 9.78 Å². The van der Waals surface area contributed by atoms with Gasteiger partial charge in [0.2, 0.25) is 0 Å². The molecule has 6 nitrogen and oxygen atoms in total. The highest BCUT2D eigenvalue weighted by Gasteiger charge is 2.17. The Hall–Kier alpha value is -1.50. The molecular formula is C9H12N2O4. The first-order valence-corrected chi connectivity index (χ1v) is 4.31. The van der Waals surface area contributed by atoms with Crippen LogP contribution in [0.5, 0.6) is 0 Å². The smallest absolute Gasteiger partial charge is 0.354 e. The summed E-state index contributed by atoms with van der Waals surface area (Å²) in [5, 5.41) is 27.3. The number of hydrogen-bond acceptors (Lipinski definition) is 5. The summed E-state index contributed by atoms with van der Waals surface area (Å²) in [6, 6.07) is 2.64. The molecule has 0 saturated carbocycles. The lowest BCUT2D eigenvalue weighted by Crippen LogP contribution is -2.27. The number of carbonyl (C=O) groups is 1. The summed E-state index contributed by atoms with van der Waals surface area (Å²) >= 11 is 0. The van der Waals surface area contributed by atoms with Gasteiger partial charge in [-0.15, -0.1) is 0 Å². The van der Waals surface area contributed by atoms with Crippen molar-refractivity contribution in [3.8, 4) is 0 Å². The second kappa shape index (κ2) is 4.83. The Kier molecular flexibility index (Phi) is 3.73. The molecule has 0 aromatic carbocycles. The monoisotopic (exact) mass is 212 g/mol. The van der Waals surface area contributed by atoms with Crippen LogP contribution in [-0.2, 0) is 0 Å². The zero-order valence-electron chi connectivity index (χ0n) is 7.87. The number of aromatic nitrogens is 1. The van der Waals surface area contributed by atoms with Crippen LogP contribution >= 0.6 is 0 Å². The molecule has 1 aromatic heterocycles. The lowest BCUT2D eigenvalue weighted by Gasteiger charge is -2.15. The van der Waals surface area contributed by atoms with Crippen molar-refractivity contribution in [3.05, 3.63) is 29.6 Å². The van der Waals surface area contributed by atoms with Gasteiger partial charge in [0.1, 0.15) is 11.8 Å². The highest BCUT2D eigenvalue weighted by molar-refractivity contribution is 5.85. The summed E-state index contributed by atoms with van der Waals surface area (Å²) in [6.07, 6.45) is -1.03. The molecular weight excluding hydrogens is 200 g/mol. The van der Waals surface area contributed by atoms with Crippen molar-refractivity contribution in [1.82, 2.24) is 4.98 Å². The number of carboxylic acids is 1. The predicted octanol–water partition coefficient (Wildman–Crippen LogP) is -0.867. The van der Waals surface area contributed by atoms with E-state index >= 15 is 0 Å². The Bertz CT molecular complexity index is 338. The topological polar surface area (TPSA) is 117 Å². The van der Waals surface area contributed by atoms with E-state index in [1.807, 2.05) is 0 Å². The molecule has 82 valence electrons. The second-order valence-corrected chi connectivity index (χ2v) is 3.03. The van der Waals surface area contributed by atoms with Gasteiger partial charge in [0, 0.05) is 18.3 Å². The van der Waals surface area contributed by atoms with Crippen molar-refractivity contribution in [2.24, 2.45) is 5.73 Å². The zero-order valence-corrected chi connectivity index (χ0v) is 7.87. The van der Waals surface area contributed by atoms with Gasteiger partial charge in [0.15, 0.2) is 0 Å². The number of hydrogen-bond donors (Lipinski definition) is 4. The van der Waals surface area contributed by atoms with E-state index in [9.17, 15) is 15.0 Å². The van der Waals surface area contributed by atoms with Crippen LogP contribution in [0.1, 0.15) is 22.2 Å². The molecule has 1 heterocycles. The summed E-state index contributed by atoms with van der Waals surface area (Å²) < 4.78 is 0. The molecule has 0 amide bonds. The molecule has 1 aromatic rings. The van der Waals surface area contributed by atoms with Gasteiger partial charge in [-0.1, -0.05) is 6.07 Å². The third-order valence-corrected chi connectivity index (χ3v) is 1.95. The van der Waals surface area contributed by atoms with E-state index in [1.165, 1.54) is 18.3 Å². The third-order valence-electron chi connectivity index (χ3n) is 1.95. The molecule has 0 saturated heterocycles. The van der Waals surface area contributed by atoms with Crippen LogP contribution in [0, 0.1) is 0 Å².